The molecule has 0 spiro atoms. The van der Waals surface area contributed by atoms with Crippen molar-refractivity contribution in [3.63, 3.8) is 0 Å². The number of alkyl carbamates (subject to hydrolysis) is 1. The smallest absolute Gasteiger partial charge is 0.408 e. The first kappa shape index (κ1) is 24.7. The van der Waals surface area contributed by atoms with Crippen LogP contribution in [0.1, 0.15) is 24.0 Å². The average Bonchev–Trinajstić information content (AvgIpc) is 3.14. The minimum Gasteiger partial charge on any atom is -0.480 e. The number of aliphatic carboxylic acids is 1. The summed E-state index contributed by atoms with van der Waals surface area (Å²) < 4.78 is 15.1. The van der Waals surface area contributed by atoms with E-state index >= 15 is 0 Å². The van der Waals surface area contributed by atoms with E-state index in [0.717, 1.165) is 22.3 Å². The number of fused-ring (bicyclic) bond motifs is 3. The summed E-state index contributed by atoms with van der Waals surface area (Å²) in [5, 5.41) is 13.2. The fourth-order valence-corrected chi connectivity index (χ4v) is 3.72. The Bertz CT molecular complexity index is 1010. The van der Waals surface area contributed by atoms with Gasteiger partial charge in [0.2, 0.25) is 6.04 Å². The largest absolute Gasteiger partial charge is 0.480 e. The SMILES string of the molecule is CCOC(=O)C(NC(=O)OCC1c2ccccc2-c2ccccc21)C(=O)NCCOCC(=O)O. The number of carbonyl (C=O) groups excluding carboxylic acids is 3. The second-order valence-corrected chi connectivity index (χ2v) is 7.39. The lowest BCUT2D eigenvalue weighted by atomic mass is 9.98. The summed E-state index contributed by atoms with van der Waals surface area (Å²) in [4.78, 5) is 47.6. The maximum absolute atomic E-state index is 12.5. The summed E-state index contributed by atoms with van der Waals surface area (Å²) in [6.07, 6.45) is -0.947. The van der Waals surface area contributed by atoms with Crippen molar-refractivity contribution in [1.29, 1.82) is 0 Å². The third kappa shape index (κ3) is 6.10. The molecule has 0 aliphatic heterocycles. The fraction of sp³-hybridized carbons (Fsp3) is 0.333. The van der Waals surface area contributed by atoms with Crippen LogP contribution in [0.4, 0.5) is 4.79 Å². The van der Waals surface area contributed by atoms with Crippen molar-refractivity contribution in [2.45, 2.75) is 18.9 Å². The average molecular weight is 470 g/mol. The summed E-state index contributed by atoms with van der Waals surface area (Å²) in [6, 6.07) is 14.1. The molecule has 0 heterocycles. The van der Waals surface area contributed by atoms with Crippen LogP contribution in [-0.2, 0) is 28.6 Å². The van der Waals surface area contributed by atoms with E-state index < -0.39 is 36.6 Å². The van der Waals surface area contributed by atoms with Gasteiger partial charge >= 0.3 is 18.0 Å². The summed E-state index contributed by atoms with van der Waals surface area (Å²) in [5.41, 5.74) is 4.19. The Morgan fingerprint density at radius 2 is 1.59 bits per heavy atom. The van der Waals surface area contributed by atoms with Gasteiger partial charge in [0.05, 0.1) is 13.2 Å². The lowest BCUT2D eigenvalue weighted by molar-refractivity contribution is -0.149. The molecule has 1 atom stereocenters. The van der Waals surface area contributed by atoms with Crippen LogP contribution >= 0.6 is 0 Å². The topological polar surface area (TPSA) is 140 Å². The lowest BCUT2D eigenvalue weighted by Gasteiger charge is -2.18. The number of carboxylic acid groups (broad SMARTS) is 1. The monoisotopic (exact) mass is 470 g/mol. The molecule has 1 aliphatic carbocycles. The van der Waals surface area contributed by atoms with Crippen molar-refractivity contribution in [3.8, 4) is 11.1 Å². The zero-order chi connectivity index (χ0) is 24.5. The third-order valence-electron chi connectivity index (χ3n) is 5.16. The number of amides is 2. The molecule has 2 amide bonds. The van der Waals surface area contributed by atoms with Crippen molar-refractivity contribution in [2.75, 3.05) is 33.0 Å². The van der Waals surface area contributed by atoms with Gasteiger partial charge in [-0.15, -0.1) is 0 Å². The van der Waals surface area contributed by atoms with E-state index in [9.17, 15) is 19.2 Å². The molecule has 1 aliphatic rings. The first-order valence-electron chi connectivity index (χ1n) is 10.8. The van der Waals surface area contributed by atoms with Gasteiger partial charge in [-0.2, -0.15) is 0 Å². The van der Waals surface area contributed by atoms with Gasteiger partial charge in [0, 0.05) is 12.5 Å². The lowest BCUT2D eigenvalue weighted by Crippen LogP contribution is -2.52. The standard InChI is InChI=1S/C24H26N2O8/c1-2-33-23(30)21(22(29)25-11-12-32-14-20(27)28)26-24(31)34-13-19-17-9-5-3-7-15(17)16-8-4-6-10-18(16)19/h3-10,19,21H,2,11-14H2,1H3,(H,25,29)(H,26,31)(H,27,28). The Hall–Kier alpha value is -3.92. The highest BCUT2D eigenvalue weighted by atomic mass is 16.6. The summed E-state index contributed by atoms with van der Waals surface area (Å²) >= 11 is 0. The minimum atomic E-state index is -1.63. The van der Waals surface area contributed by atoms with Crippen LogP contribution in [-0.4, -0.2) is 68.1 Å². The van der Waals surface area contributed by atoms with Crippen LogP contribution < -0.4 is 10.6 Å². The van der Waals surface area contributed by atoms with Crippen LogP contribution in [0, 0.1) is 0 Å². The molecule has 180 valence electrons. The Morgan fingerprint density at radius 1 is 0.971 bits per heavy atom. The molecule has 10 nitrogen and oxygen atoms in total. The van der Waals surface area contributed by atoms with Crippen molar-refractivity contribution in [3.05, 3.63) is 59.7 Å². The van der Waals surface area contributed by atoms with Gasteiger partial charge < -0.3 is 24.6 Å². The molecule has 0 radical (unpaired) electrons. The number of carbonyl (C=O) groups is 4. The molecule has 3 rings (SSSR count). The second kappa shape index (κ2) is 11.8. The Balaban J connectivity index is 1.60. The van der Waals surface area contributed by atoms with Gasteiger partial charge in [0.25, 0.3) is 5.91 Å². The number of ether oxygens (including phenoxy) is 3. The summed E-state index contributed by atoms with van der Waals surface area (Å²) in [5.74, 6) is -3.10. The molecule has 34 heavy (non-hydrogen) atoms. The Morgan fingerprint density at radius 3 is 2.18 bits per heavy atom. The number of carboxylic acids is 1. The van der Waals surface area contributed by atoms with Crippen LogP contribution in [0.3, 0.4) is 0 Å². The van der Waals surface area contributed by atoms with Crippen molar-refractivity contribution >= 4 is 23.9 Å². The van der Waals surface area contributed by atoms with E-state index in [1.165, 1.54) is 0 Å². The number of rotatable bonds is 11. The number of hydrogen-bond donors (Lipinski definition) is 3. The molecule has 3 N–H and O–H groups in total. The highest BCUT2D eigenvalue weighted by molar-refractivity contribution is 6.04. The van der Waals surface area contributed by atoms with Gasteiger partial charge in [-0.3, -0.25) is 10.1 Å². The van der Waals surface area contributed by atoms with E-state index in [1.54, 1.807) is 6.92 Å². The Labute approximate surface area is 196 Å². The van der Waals surface area contributed by atoms with Crippen molar-refractivity contribution in [1.82, 2.24) is 10.6 Å². The normalized spacial score (nSPS) is 12.7. The third-order valence-corrected chi connectivity index (χ3v) is 5.16. The number of nitrogens with one attached hydrogen (secondary N) is 2. The van der Waals surface area contributed by atoms with Gasteiger partial charge in [-0.25, -0.2) is 14.4 Å². The van der Waals surface area contributed by atoms with Gasteiger partial charge in [-0.1, -0.05) is 48.5 Å². The maximum Gasteiger partial charge on any atom is 0.408 e. The molecular formula is C24H26N2O8. The van der Waals surface area contributed by atoms with Crippen LogP contribution in [0.25, 0.3) is 11.1 Å². The number of hydrogen-bond acceptors (Lipinski definition) is 7. The number of esters is 1. The molecular weight excluding hydrogens is 444 g/mol. The molecule has 0 fully saturated rings. The van der Waals surface area contributed by atoms with Crippen LogP contribution in [0.15, 0.2) is 48.5 Å². The molecule has 0 aromatic heterocycles. The van der Waals surface area contributed by atoms with E-state index in [4.69, 9.17) is 19.3 Å². The molecule has 0 bridgehead atoms. The highest BCUT2D eigenvalue weighted by Gasteiger charge is 2.32. The quantitative estimate of drug-likeness (QED) is 0.256. The zero-order valence-corrected chi connectivity index (χ0v) is 18.6. The summed E-state index contributed by atoms with van der Waals surface area (Å²) in [6.45, 7) is 0.929. The molecule has 0 saturated heterocycles. The zero-order valence-electron chi connectivity index (χ0n) is 18.6. The molecule has 2 aromatic rings. The first-order valence-corrected chi connectivity index (χ1v) is 10.8. The van der Waals surface area contributed by atoms with E-state index in [1.807, 2.05) is 48.5 Å². The molecule has 1 unspecified atom stereocenters. The van der Waals surface area contributed by atoms with E-state index in [2.05, 4.69) is 10.6 Å². The Kier molecular flexibility index (Phi) is 8.58. The van der Waals surface area contributed by atoms with Gasteiger partial charge in [0.15, 0.2) is 0 Å². The first-order chi connectivity index (χ1) is 16.4. The van der Waals surface area contributed by atoms with Crippen molar-refractivity contribution in [2.24, 2.45) is 0 Å². The van der Waals surface area contributed by atoms with Crippen LogP contribution in [0.5, 0.6) is 0 Å². The molecule has 0 saturated carbocycles. The summed E-state index contributed by atoms with van der Waals surface area (Å²) in [7, 11) is 0. The highest BCUT2D eigenvalue weighted by Crippen LogP contribution is 2.44. The van der Waals surface area contributed by atoms with Crippen LogP contribution in [0.2, 0.25) is 0 Å². The van der Waals surface area contributed by atoms with E-state index in [0.29, 0.717) is 0 Å². The number of benzene rings is 2. The van der Waals surface area contributed by atoms with Gasteiger partial charge in [-0.05, 0) is 29.2 Å². The predicted molar refractivity (Wildman–Crippen MR) is 120 cm³/mol. The molecule has 10 heteroatoms. The predicted octanol–water partition coefficient (Wildman–Crippen LogP) is 1.67. The molecule has 2 aromatic carbocycles. The van der Waals surface area contributed by atoms with E-state index in [-0.39, 0.29) is 32.3 Å². The minimum absolute atomic E-state index is 0.0106. The second-order valence-electron chi connectivity index (χ2n) is 7.39. The van der Waals surface area contributed by atoms with Gasteiger partial charge in [0.1, 0.15) is 13.2 Å². The maximum atomic E-state index is 12.5. The fourth-order valence-electron chi connectivity index (χ4n) is 3.72. The van der Waals surface area contributed by atoms with Crippen molar-refractivity contribution < 1.29 is 38.5 Å².